The summed E-state index contributed by atoms with van der Waals surface area (Å²) in [6.07, 6.45) is 5.36. The second-order valence-corrected chi connectivity index (χ2v) is 5.33. The van der Waals surface area contributed by atoms with Crippen molar-refractivity contribution in [2.45, 2.75) is 32.2 Å². The van der Waals surface area contributed by atoms with Crippen molar-refractivity contribution in [2.75, 3.05) is 0 Å². The fraction of sp³-hybridized carbons (Fsp3) is 0.500. The largest absolute Gasteiger partial charge is 0.348 e. The van der Waals surface area contributed by atoms with E-state index < -0.39 is 0 Å². The summed E-state index contributed by atoms with van der Waals surface area (Å²) in [4.78, 5) is 15.8. The summed E-state index contributed by atoms with van der Waals surface area (Å²) >= 11 is 3.29. The van der Waals surface area contributed by atoms with E-state index in [1.54, 1.807) is 12.3 Å². The van der Waals surface area contributed by atoms with Crippen LogP contribution in [0.5, 0.6) is 0 Å². The third-order valence-corrected chi connectivity index (χ3v) is 3.19. The summed E-state index contributed by atoms with van der Waals surface area (Å²) in [7, 11) is 0. The number of hydrogen-bond acceptors (Lipinski definition) is 2. The van der Waals surface area contributed by atoms with Gasteiger partial charge in [-0.2, -0.15) is 0 Å². The van der Waals surface area contributed by atoms with Gasteiger partial charge in [0.2, 0.25) is 0 Å². The number of nitrogens with zero attached hydrogens (tertiary/aromatic N) is 1. The van der Waals surface area contributed by atoms with E-state index in [1.807, 2.05) is 6.07 Å². The van der Waals surface area contributed by atoms with E-state index >= 15 is 0 Å². The lowest BCUT2D eigenvalue weighted by Crippen LogP contribution is -2.33. The zero-order chi connectivity index (χ0) is 11.5. The SMILES string of the molecule is CC(CC1CC1)NC(=O)c1ccc(Br)cn1. The highest BCUT2D eigenvalue weighted by Crippen LogP contribution is 2.33. The molecular weight excluding hydrogens is 268 g/mol. The second kappa shape index (κ2) is 4.95. The van der Waals surface area contributed by atoms with Gasteiger partial charge in [-0.05, 0) is 47.3 Å². The van der Waals surface area contributed by atoms with Crippen LogP contribution in [-0.2, 0) is 0 Å². The van der Waals surface area contributed by atoms with Crippen LogP contribution in [0.3, 0.4) is 0 Å². The highest BCUT2D eigenvalue weighted by molar-refractivity contribution is 9.10. The Bertz CT molecular complexity index is 373. The molecule has 86 valence electrons. The molecule has 1 heterocycles. The molecule has 3 nitrogen and oxygen atoms in total. The molecule has 1 aromatic heterocycles. The van der Waals surface area contributed by atoms with Crippen LogP contribution in [0.2, 0.25) is 0 Å². The van der Waals surface area contributed by atoms with Gasteiger partial charge in [-0.3, -0.25) is 4.79 Å². The molecular formula is C12H15BrN2O. The number of nitrogens with one attached hydrogen (secondary N) is 1. The van der Waals surface area contributed by atoms with Crippen molar-refractivity contribution in [1.82, 2.24) is 10.3 Å². The van der Waals surface area contributed by atoms with Gasteiger partial charge in [0.15, 0.2) is 0 Å². The number of aromatic nitrogens is 1. The topological polar surface area (TPSA) is 42.0 Å². The van der Waals surface area contributed by atoms with Crippen LogP contribution >= 0.6 is 15.9 Å². The molecule has 1 unspecified atom stereocenters. The molecule has 1 aromatic rings. The summed E-state index contributed by atoms with van der Waals surface area (Å²) in [5.74, 6) is 0.744. The zero-order valence-electron chi connectivity index (χ0n) is 9.24. The molecule has 2 rings (SSSR count). The van der Waals surface area contributed by atoms with Crippen LogP contribution in [-0.4, -0.2) is 16.9 Å². The lowest BCUT2D eigenvalue weighted by atomic mass is 10.1. The number of carbonyl (C=O) groups is 1. The van der Waals surface area contributed by atoms with Crippen LogP contribution in [0.1, 0.15) is 36.7 Å². The van der Waals surface area contributed by atoms with Gasteiger partial charge in [-0.25, -0.2) is 4.98 Å². The summed E-state index contributed by atoms with van der Waals surface area (Å²) in [5, 5.41) is 2.97. The second-order valence-electron chi connectivity index (χ2n) is 4.42. The van der Waals surface area contributed by atoms with Gasteiger partial charge in [0, 0.05) is 16.7 Å². The quantitative estimate of drug-likeness (QED) is 0.923. The van der Waals surface area contributed by atoms with Crippen molar-refractivity contribution in [3.05, 3.63) is 28.5 Å². The zero-order valence-corrected chi connectivity index (χ0v) is 10.8. The van der Waals surface area contributed by atoms with Crippen molar-refractivity contribution < 1.29 is 4.79 Å². The average molecular weight is 283 g/mol. The lowest BCUT2D eigenvalue weighted by Gasteiger charge is -2.12. The van der Waals surface area contributed by atoms with Gasteiger partial charge in [-0.15, -0.1) is 0 Å². The maximum atomic E-state index is 11.8. The van der Waals surface area contributed by atoms with E-state index in [1.165, 1.54) is 12.8 Å². The first-order valence-electron chi connectivity index (χ1n) is 5.57. The number of hydrogen-bond donors (Lipinski definition) is 1. The van der Waals surface area contributed by atoms with Crippen LogP contribution in [0.4, 0.5) is 0 Å². The van der Waals surface area contributed by atoms with Gasteiger partial charge in [0.05, 0.1) is 0 Å². The van der Waals surface area contributed by atoms with Crippen LogP contribution in [0.15, 0.2) is 22.8 Å². The molecule has 1 aliphatic carbocycles. The molecule has 1 fully saturated rings. The molecule has 0 saturated heterocycles. The van der Waals surface area contributed by atoms with Gasteiger partial charge in [0.1, 0.15) is 5.69 Å². The van der Waals surface area contributed by atoms with Crippen molar-refractivity contribution >= 4 is 21.8 Å². The van der Waals surface area contributed by atoms with Crippen molar-refractivity contribution in [2.24, 2.45) is 5.92 Å². The minimum Gasteiger partial charge on any atom is -0.348 e. The minimum atomic E-state index is -0.0827. The van der Waals surface area contributed by atoms with Gasteiger partial charge < -0.3 is 5.32 Å². The molecule has 0 radical (unpaired) electrons. The van der Waals surface area contributed by atoms with Crippen LogP contribution < -0.4 is 5.32 Å². The Hall–Kier alpha value is -0.900. The Labute approximate surface area is 104 Å². The standard InChI is InChI=1S/C12H15BrN2O/c1-8(6-9-2-3-9)15-12(16)11-5-4-10(13)7-14-11/h4-5,7-9H,2-3,6H2,1H3,(H,15,16). The molecule has 1 atom stereocenters. The molecule has 1 N–H and O–H groups in total. The Balaban J connectivity index is 1.88. The highest BCUT2D eigenvalue weighted by Gasteiger charge is 2.24. The number of pyridine rings is 1. The normalized spacial score (nSPS) is 16.9. The predicted octanol–water partition coefficient (Wildman–Crippen LogP) is 2.76. The predicted molar refractivity (Wildman–Crippen MR) is 66.2 cm³/mol. The number of amides is 1. The first-order chi connectivity index (χ1) is 7.65. The third kappa shape index (κ3) is 3.30. The fourth-order valence-electron chi connectivity index (χ4n) is 1.72. The van der Waals surface area contributed by atoms with E-state index in [0.717, 1.165) is 16.8 Å². The van der Waals surface area contributed by atoms with Gasteiger partial charge >= 0.3 is 0 Å². The number of halogens is 1. The van der Waals surface area contributed by atoms with Gasteiger partial charge in [-0.1, -0.05) is 12.8 Å². The molecule has 4 heteroatoms. The first kappa shape index (κ1) is 11.6. The molecule has 1 saturated carbocycles. The molecule has 1 amide bonds. The summed E-state index contributed by atoms with van der Waals surface area (Å²) in [6.45, 7) is 2.05. The van der Waals surface area contributed by atoms with Crippen molar-refractivity contribution in [1.29, 1.82) is 0 Å². The molecule has 0 spiro atoms. The lowest BCUT2D eigenvalue weighted by molar-refractivity contribution is 0.0932. The van der Waals surface area contributed by atoms with E-state index in [4.69, 9.17) is 0 Å². The van der Waals surface area contributed by atoms with Gasteiger partial charge in [0.25, 0.3) is 5.91 Å². The maximum Gasteiger partial charge on any atom is 0.270 e. The monoisotopic (exact) mass is 282 g/mol. The Morgan fingerprint density at radius 2 is 2.38 bits per heavy atom. The smallest absolute Gasteiger partial charge is 0.270 e. The molecule has 16 heavy (non-hydrogen) atoms. The highest BCUT2D eigenvalue weighted by atomic mass is 79.9. The van der Waals surface area contributed by atoms with Crippen LogP contribution in [0.25, 0.3) is 0 Å². The van der Waals surface area contributed by atoms with Crippen molar-refractivity contribution in [3.63, 3.8) is 0 Å². The number of rotatable bonds is 4. The Morgan fingerprint density at radius 3 is 2.94 bits per heavy atom. The number of carbonyl (C=O) groups excluding carboxylic acids is 1. The fourth-order valence-corrected chi connectivity index (χ4v) is 1.95. The van der Waals surface area contributed by atoms with Crippen LogP contribution in [0, 0.1) is 5.92 Å². The molecule has 0 bridgehead atoms. The Morgan fingerprint density at radius 1 is 1.62 bits per heavy atom. The molecule has 0 aromatic carbocycles. The molecule has 1 aliphatic rings. The van der Waals surface area contributed by atoms with E-state index in [9.17, 15) is 4.79 Å². The average Bonchev–Trinajstić information content (AvgIpc) is 3.02. The minimum absolute atomic E-state index is 0.0827. The first-order valence-corrected chi connectivity index (χ1v) is 6.37. The summed E-state index contributed by atoms with van der Waals surface area (Å²) in [6, 6.07) is 3.79. The van der Waals surface area contributed by atoms with E-state index in [2.05, 4.69) is 33.2 Å². The summed E-state index contributed by atoms with van der Waals surface area (Å²) in [5.41, 5.74) is 0.478. The Kier molecular flexibility index (Phi) is 3.59. The van der Waals surface area contributed by atoms with E-state index in [-0.39, 0.29) is 11.9 Å². The van der Waals surface area contributed by atoms with E-state index in [0.29, 0.717) is 5.69 Å². The summed E-state index contributed by atoms with van der Waals surface area (Å²) < 4.78 is 0.884. The molecule has 0 aliphatic heterocycles. The third-order valence-electron chi connectivity index (χ3n) is 2.72. The maximum absolute atomic E-state index is 11.8. The van der Waals surface area contributed by atoms with Crippen molar-refractivity contribution in [3.8, 4) is 0 Å².